The van der Waals surface area contributed by atoms with Crippen LogP contribution in [0.5, 0.6) is 0 Å². The van der Waals surface area contributed by atoms with Gasteiger partial charge in [-0.15, -0.1) is 0 Å². The van der Waals surface area contributed by atoms with E-state index in [1.807, 2.05) is 0 Å². The molecule has 0 radical (unpaired) electrons. The highest BCUT2D eigenvalue weighted by Crippen LogP contribution is 2.33. The molecule has 1 saturated carbocycles. The van der Waals surface area contributed by atoms with Crippen LogP contribution in [-0.2, 0) is 0 Å². The van der Waals surface area contributed by atoms with Gasteiger partial charge in [0.25, 0.3) is 0 Å². The SMILES string of the molecule is CC(N)C1(F)CCCCC1. The zero-order chi connectivity index (χ0) is 7.61. The second-order valence-corrected chi connectivity index (χ2v) is 3.38. The second-order valence-electron chi connectivity index (χ2n) is 3.38. The van der Waals surface area contributed by atoms with Gasteiger partial charge in [0.1, 0.15) is 5.67 Å². The molecule has 2 heteroatoms. The van der Waals surface area contributed by atoms with Crippen LogP contribution in [0, 0.1) is 0 Å². The third-order valence-electron chi connectivity index (χ3n) is 2.50. The first-order chi connectivity index (χ1) is 4.65. The molecule has 1 rings (SSSR count). The Hall–Kier alpha value is -0.110. The highest BCUT2D eigenvalue weighted by atomic mass is 19.1. The van der Waals surface area contributed by atoms with Crippen molar-refractivity contribution in [3.8, 4) is 0 Å². The summed E-state index contributed by atoms with van der Waals surface area (Å²) >= 11 is 0. The van der Waals surface area contributed by atoms with E-state index in [-0.39, 0.29) is 6.04 Å². The largest absolute Gasteiger partial charge is 0.325 e. The second kappa shape index (κ2) is 2.87. The predicted octanol–water partition coefficient (Wildman–Crippen LogP) is 2.01. The normalized spacial score (nSPS) is 27.9. The summed E-state index contributed by atoms with van der Waals surface area (Å²) in [7, 11) is 0. The van der Waals surface area contributed by atoms with Crippen LogP contribution in [0.1, 0.15) is 39.0 Å². The van der Waals surface area contributed by atoms with Crippen LogP contribution in [0.25, 0.3) is 0 Å². The van der Waals surface area contributed by atoms with Gasteiger partial charge in [0, 0.05) is 6.04 Å². The molecular formula is C8H16FN. The Bertz CT molecular complexity index is 106. The van der Waals surface area contributed by atoms with Crippen LogP contribution in [-0.4, -0.2) is 11.7 Å². The Kier molecular flexibility index (Phi) is 2.29. The van der Waals surface area contributed by atoms with Crippen LogP contribution in [0.3, 0.4) is 0 Å². The predicted molar refractivity (Wildman–Crippen MR) is 40.6 cm³/mol. The molecule has 0 aromatic rings. The Morgan fingerprint density at radius 1 is 1.30 bits per heavy atom. The van der Waals surface area contributed by atoms with E-state index in [0.717, 1.165) is 12.8 Å². The maximum atomic E-state index is 13.6. The molecule has 1 atom stereocenters. The molecule has 1 unspecified atom stereocenters. The number of rotatable bonds is 1. The molecule has 1 fully saturated rings. The van der Waals surface area contributed by atoms with E-state index in [1.165, 1.54) is 6.42 Å². The van der Waals surface area contributed by atoms with Gasteiger partial charge in [-0.25, -0.2) is 4.39 Å². The molecule has 0 spiro atoms. The van der Waals surface area contributed by atoms with Crippen molar-refractivity contribution in [2.45, 2.75) is 50.7 Å². The smallest absolute Gasteiger partial charge is 0.125 e. The molecule has 10 heavy (non-hydrogen) atoms. The first-order valence-corrected chi connectivity index (χ1v) is 4.10. The average Bonchev–Trinajstić information content (AvgIpc) is 1.89. The lowest BCUT2D eigenvalue weighted by atomic mass is 9.82. The molecule has 0 amide bonds. The van der Waals surface area contributed by atoms with Crippen molar-refractivity contribution in [3.05, 3.63) is 0 Å². The molecule has 1 nitrogen and oxygen atoms in total. The zero-order valence-electron chi connectivity index (χ0n) is 6.57. The number of halogens is 1. The molecule has 0 saturated heterocycles. The summed E-state index contributed by atoms with van der Waals surface area (Å²) < 4.78 is 13.6. The fraction of sp³-hybridized carbons (Fsp3) is 1.00. The molecule has 0 aliphatic heterocycles. The molecule has 60 valence electrons. The fourth-order valence-electron chi connectivity index (χ4n) is 1.59. The average molecular weight is 145 g/mol. The quantitative estimate of drug-likeness (QED) is 0.600. The third kappa shape index (κ3) is 1.48. The monoisotopic (exact) mass is 145 g/mol. The van der Waals surface area contributed by atoms with E-state index < -0.39 is 5.67 Å². The van der Waals surface area contributed by atoms with E-state index in [1.54, 1.807) is 6.92 Å². The summed E-state index contributed by atoms with van der Waals surface area (Å²) in [5.41, 5.74) is 4.48. The summed E-state index contributed by atoms with van der Waals surface area (Å²) in [5.74, 6) is 0. The molecule has 0 heterocycles. The van der Waals surface area contributed by atoms with Gasteiger partial charge in [0.15, 0.2) is 0 Å². The number of alkyl halides is 1. The Labute approximate surface area is 61.8 Å². The van der Waals surface area contributed by atoms with Crippen molar-refractivity contribution in [3.63, 3.8) is 0 Å². The van der Waals surface area contributed by atoms with Gasteiger partial charge in [0.2, 0.25) is 0 Å². The third-order valence-corrected chi connectivity index (χ3v) is 2.50. The van der Waals surface area contributed by atoms with Gasteiger partial charge >= 0.3 is 0 Å². The summed E-state index contributed by atoms with van der Waals surface area (Å²) in [4.78, 5) is 0. The minimum absolute atomic E-state index is 0.284. The van der Waals surface area contributed by atoms with E-state index in [0.29, 0.717) is 12.8 Å². The van der Waals surface area contributed by atoms with Gasteiger partial charge < -0.3 is 5.73 Å². The summed E-state index contributed by atoms with van der Waals surface area (Å²) in [6.07, 6.45) is 4.55. The lowest BCUT2D eigenvalue weighted by Crippen LogP contribution is -2.43. The molecule has 0 aromatic heterocycles. The summed E-state index contributed by atoms with van der Waals surface area (Å²) in [6, 6.07) is -0.284. The maximum absolute atomic E-state index is 13.6. The molecular weight excluding hydrogens is 129 g/mol. The van der Waals surface area contributed by atoms with Gasteiger partial charge in [0.05, 0.1) is 0 Å². The number of hydrogen-bond donors (Lipinski definition) is 1. The molecule has 2 N–H and O–H groups in total. The maximum Gasteiger partial charge on any atom is 0.125 e. The molecule has 1 aliphatic carbocycles. The van der Waals surface area contributed by atoms with Gasteiger partial charge in [-0.2, -0.15) is 0 Å². The van der Waals surface area contributed by atoms with E-state index in [9.17, 15) is 4.39 Å². The minimum Gasteiger partial charge on any atom is -0.325 e. The van der Waals surface area contributed by atoms with Gasteiger partial charge in [-0.1, -0.05) is 19.3 Å². The number of hydrogen-bond acceptors (Lipinski definition) is 1. The van der Waals surface area contributed by atoms with Crippen LogP contribution in [0.15, 0.2) is 0 Å². The van der Waals surface area contributed by atoms with E-state index >= 15 is 0 Å². The standard InChI is InChI=1S/C8H16FN/c1-7(10)8(9)5-3-2-4-6-8/h7H,2-6,10H2,1H3. The van der Waals surface area contributed by atoms with Crippen LogP contribution in [0.4, 0.5) is 4.39 Å². The Balaban J connectivity index is 2.48. The minimum atomic E-state index is -1.04. The van der Waals surface area contributed by atoms with Crippen LogP contribution in [0.2, 0.25) is 0 Å². The highest BCUT2D eigenvalue weighted by Gasteiger charge is 2.35. The van der Waals surface area contributed by atoms with E-state index in [4.69, 9.17) is 5.73 Å². The molecule has 0 bridgehead atoms. The lowest BCUT2D eigenvalue weighted by Gasteiger charge is -2.32. The Morgan fingerprint density at radius 3 is 2.10 bits per heavy atom. The van der Waals surface area contributed by atoms with Crippen molar-refractivity contribution < 1.29 is 4.39 Å². The molecule has 1 aliphatic rings. The zero-order valence-corrected chi connectivity index (χ0v) is 6.57. The van der Waals surface area contributed by atoms with Crippen molar-refractivity contribution in [1.82, 2.24) is 0 Å². The topological polar surface area (TPSA) is 26.0 Å². The first kappa shape index (κ1) is 7.99. The molecule has 0 aromatic carbocycles. The summed E-state index contributed by atoms with van der Waals surface area (Å²) in [6.45, 7) is 1.77. The van der Waals surface area contributed by atoms with Crippen molar-refractivity contribution >= 4 is 0 Å². The lowest BCUT2D eigenvalue weighted by molar-refractivity contribution is 0.0823. The number of nitrogens with two attached hydrogens (primary N) is 1. The van der Waals surface area contributed by atoms with Crippen LogP contribution >= 0.6 is 0 Å². The van der Waals surface area contributed by atoms with Gasteiger partial charge in [-0.05, 0) is 19.8 Å². The first-order valence-electron chi connectivity index (χ1n) is 4.10. The fourth-order valence-corrected chi connectivity index (χ4v) is 1.59. The van der Waals surface area contributed by atoms with Crippen LogP contribution < -0.4 is 5.73 Å². The Morgan fingerprint density at radius 2 is 1.80 bits per heavy atom. The highest BCUT2D eigenvalue weighted by molar-refractivity contribution is 4.89. The van der Waals surface area contributed by atoms with Crippen molar-refractivity contribution in [2.24, 2.45) is 5.73 Å². The van der Waals surface area contributed by atoms with E-state index in [2.05, 4.69) is 0 Å². The summed E-state index contributed by atoms with van der Waals surface area (Å²) in [5, 5.41) is 0. The van der Waals surface area contributed by atoms with Crippen molar-refractivity contribution in [1.29, 1.82) is 0 Å². The van der Waals surface area contributed by atoms with Gasteiger partial charge in [-0.3, -0.25) is 0 Å². The van der Waals surface area contributed by atoms with Crippen molar-refractivity contribution in [2.75, 3.05) is 0 Å².